The molecule has 0 aliphatic rings. The van der Waals surface area contributed by atoms with Gasteiger partial charge in [0.1, 0.15) is 11.6 Å². The number of halogens is 4. The monoisotopic (exact) mass is 242 g/mol. The van der Waals surface area contributed by atoms with Crippen molar-refractivity contribution in [2.24, 2.45) is 0 Å². The summed E-state index contributed by atoms with van der Waals surface area (Å²) in [5.41, 5.74) is -1.05. The largest absolute Gasteiger partial charge is 0.306 e. The Balaban J connectivity index is 3.02. The summed E-state index contributed by atoms with van der Waals surface area (Å²) in [7, 11) is -4.78. The zero-order valence-electron chi connectivity index (χ0n) is 7.25. The number of hydrogen-bond acceptors (Lipinski definition) is 2. The van der Waals surface area contributed by atoms with Gasteiger partial charge in [0, 0.05) is 0 Å². The highest BCUT2D eigenvalue weighted by Gasteiger charge is 2.15. The Morgan fingerprint density at radius 1 is 1.27 bits per heavy atom. The van der Waals surface area contributed by atoms with Gasteiger partial charge in [-0.25, -0.2) is 13.2 Å². The highest BCUT2D eigenvalue weighted by Crippen LogP contribution is 2.23. The van der Waals surface area contributed by atoms with Crippen molar-refractivity contribution in [2.75, 3.05) is 0 Å². The summed E-state index contributed by atoms with van der Waals surface area (Å²) in [4.78, 5) is 0. The van der Waals surface area contributed by atoms with Gasteiger partial charge < -0.3 is 0 Å². The van der Waals surface area contributed by atoms with Crippen LogP contribution in [0.4, 0.5) is 17.1 Å². The molecule has 0 fully saturated rings. The molecule has 1 aromatic rings. The van der Waals surface area contributed by atoms with Gasteiger partial charge in [-0.05, 0) is 11.6 Å². The maximum absolute atomic E-state index is 12.9. The third kappa shape index (κ3) is 3.50. The third-order valence-corrected chi connectivity index (χ3v) is 2.32. The van der Waals surface area contributed by atoms with Crippen molar-refractivity contribution >= 4 is 10.2 Å². The van der Waals surface area contributed by atoms with E-state index in [4.69, 9.17) is 0 Å². The fourth-order valence-corrected chi connectivity index (χ4v) is 1.61. The molecule has 0 bridgehead atoms. The first-order valence-corrected chi connectivity index (χ1v) is 5.33. The van der Waals surface area contributed by atoms with Gasteiger partial charge in [0.25, 0.3) is 6.43 Å². The Kier molecular flexibility index (Phi) is 3.33. The van der Waals surface area contributed by atoms with E-state index in [0.29, 0.717) is 6.07 Å². The van der Waals surface area contributed by atoms with Crippen LogP contribution in [0.15, 0.2) is 18.2 Å². The van der Waals surface area contributed by atoms with Crippen LogP contribution in [0.1, 0.15) is 17.6 Å². The van der Waals surface area contributed by atoms with Crippen LogP contribution in [-0.2, 0) is 16.0 Å². The minimum atomic E-state index is -4.78. The molecule has 0 saturated heterocycles. The van der Waals surface area contributed by atoms with Gasteiger partial charge in [-0.3, -0.25) is 0 Å². The van der Waals surface area contributed by atoms with Crippen LogP contribution in [-0.4, -0.2) is 8.42 Å². The van der Waals surface area contributed by atoms with Crippen LogP contribution < -0.4 is 0 Å². The van der Waals surface area contributed by atoms with Gasteiger partial charge in [0.05, 0.1) is 5.56 Å². The number of benzene rings is 1. The van der Waals surface area contributed by atoms with Gasteiger partial charge in [0.2, 0.25) is 0 Å². The van der Waals surface area contributed by atoms with Crippen LogP contribution in [0.3, 0.4) is 0 Å². The van der Waals surface area contributed by atoms with Gasteiger partial charge >= 0.3 is 10.2 Å². The lowest BCUT2D eigenvalue weighted by atomic mass is 10.1. The van der Waals surface area contributed by atoms with Gasteiger partial charge in [0.15, 0.2) is 0 Å². The topological polar surface area (TPSA) is 34.1 Å². The lowest BCUT2D eigenvalue weighted by molar-refractivity contribution is 0.146. The number of rotatable bonds is 3. The molecule has 0 aliphatic carbocycles. The molecule has 0 unspecified atom stereocenters. The molecule has 15 heavy (non-hydrogen) atoms. The quantitative estimate of drug-likeness (QED) is 0.603. The Bertz CT molecular complexity index is 456. The van der Waals surface area contributed by atoms with E-state index in [2.05, 4.69) is 0 Å². The molecule has 1 rings (SSSR count). The van der Waals surface area contributed by atoms with Crippen molar-refractivity contribution in [1.82, 2.24) is 0 Å². The summed E-state index contributed by atoms with van der Waals surface area (Å²) in [5, 5.41) is 0. The van der Waals surface area contributed by atoms with Crippen LogP contribution in [0.2, 0.25) is 0 Å². The predicted octanol–water partition coefficient (Wildman–Crippen LogP) is 2.56. The first-order valence-electron chi connectivity index (χ1n) is 3.78. The summed E-state index contributed by atoms with van der Waals surface area (Å²) in [6, 6.07) is 2.26. The van der Waals surface area contributed by atoms with Crippen molar-refractivity contribution in [3.8, 4) is 0 Å². The van der Waals surface area contributed by atoms with E-state index >= 15 is 0 Å². The number of alkyl halides is 2. The molecule has 0 aromatic heterocycles. The van der Waals surface area contributed by atoms with Crippen molar-refractivity contribution in [3.05, 3.63) is 35.1 Å². The van der Waals surface area contributed by atoms with Crippen LogP contribution in [0.25, 0.3) is 0 Å². The SMILES string of the molecule is O=S(=O)(F)Cc1ccc(C(F)F)c(F)c1. The van der Waals surface area contributed by atoms with E-state index in [1.54, 1.807) is 0 Å². The Morgan fingerprint density at radius 3 is 2.27 bits per heavy atom. The molecule has 0 heterocycles. The summed E-state index contributed by atoms with van der Waals surface area (Å²) in [5.74, 6) is -2.26. The first-order chi connectivity index (χ1) is 6.79. The predicted molar refractivity (Wildman–Crippen MR) is 45.1 cm³/mol. The second-order valence-corrected chi connectivity index (χ2v) is 4.21. The Hall–Kier alpha value is -1.11. The summed E-state index contributed by atoms with van der Waals surface area (Å²) in [6.45, 7) is 0. The fraction of sp³-hybridized carbons (Fsp3) is 0.250. The zero-order valence-corrected chi connectivity index (χ0v) is 8.07. The molecule has 2 nitrogen and oxygen atoms in total. The molecule has 0 amide bonds. The molecule has 0 atom stereocenters. The molecule has 0 spiro atoms. The molecular formula is C8H6F4O2S. The summed E-state index contributed by atoms with van der Waals surface area (Å²) >= 11 is 0. The lowest BCUT2D eigenvalue weighted by Gasteiger charge is -2.03. The average molecular weight is 242 g/mol. The highest BCUT2D eigenvalue weighted by molar-refractivity contribution is 7.85. The highest BCUT2D eigenvalue weighted by atomic mass is 32.3. The van der Waals surface area contributed by atoms with Gasteiger partial charge in [-0.15, -0.1) is 3.89 Å². The maximum atomic E-state index is 12.9. The van der Waals surface area contributed by atoms with E-state index in [9.17, 15) is 25.5 Å². The molecule has 1 aromatic carbocycles. The van der Waals surface area contributed by atoms with Crippen molar-refractivity contribution < 1.29 is 25.5 Å². The van der Waals surface area contributed by atoms with Gasteiger partial charge in [-0.2, -0.15) is 8.42 Å². The first kappa shape index (κ1) is 12.0. The summed E-state index contributed by atoms with van der Waals surface area (Å²) < 4.78 is 69.6. The minimum absolute atomic E-state index is 0.209. The van der Waals surface area contributed by atoms with Gasteiger partial charge in [-0.1, -0.05) is 12.1 Å². The molecular weight excluding hydrogens is 236 g/mol. The second-order valence-electron chi connectivity index (χ2n) is 2.84. The molecule has 0 radical (unpaired) electrons. The zero-order chi connectivity index (χ0) is 11.6. The summed E-state index contributed by atoms with van der Waals surface area (Å²) in [6.07, 6.45) is -2.99. The Morgan fingerprint density at radius 2 is 1.87 bits per heavy atom. The van der Waals surface area contributed by atoms with Crippen LogP contribution in [0.5, 0.6) is 0 Å². The average Bonchev–Trinajstić information content (AvgIpc) is 1.99. The van der Waals surface area contributed by atoms with Crippen molar-refractivity contribution in [2.45, 2.75) is 12.2 Å². The van der Waals surface area contributed by atoms with E-state index in [1.165, 1.54) is 0 Å². The van der Waals surface area contributed by atoms with E-state index in [0.717, 1.165) is 12.1 Å². The fourth-order valence-electron chi connectivity index (χ4n) is 1.04. The second kappa shape index (κ2) is 4.18. The van der Waals surface area contributed by atoms with Crippen LogP contribution in [0, 0.1) is 5.82 Å². The maximum Gasteiger partial charge on any atom is 0.306 e. The van der Waals surface area contributed by atoms with E-state index < -0.39 is 33.8 Å². The Labute approximate surface area is 83.7 Å². The molecule has 0 aliphatic heterocycles. The minimum Gasteiger partial charge on any atom is -0.206 e. The number of hydrogen-bond donors (Lipinski definition) is 0. The van der Waals surface area contributed by atoms with E-state index in [-0.39, 0.29) is 5.56 Å². The third-order valence-electron chi connectivity index (χ3n) is 1.64. The molecule has 7 heteroatoms. The molecule has 84 valence electrons. The van der Waals surface area contributed by atoms with Crippen molar-refractivity contribution in [3.63, 3.8) is 0 Å². The molecule has 0 saturated carbocycles. The smallest absolute Gasteiger partial charge is 0.206 e. The lowest BCUT2D eigenvalue weighted by Crippen LogP contribution is -1.99. The normalized spacial score (nSPS) is 12.1. The van der Waals surface area contributed by atoms with Crippen molar-refractivity contribution in [1.29, 1.82) is 0 Å². The molecule has 0 N–H and O–H groups in total. The van der Waals surface area contributed by atoms with Crippen LogP contribution >= 0.6 is 0 Å². The standard InChI is InChI=1S/C8H6F4O2S/c9-7-3-5(4-15(12,13)14)1-2-6(7)8(10)11/h1-3,8H,4H2. The van der Waals surface area contributed by atoms with E-state index in [1.807, 2.05) is 0 Å².